The molecule has 8 heteroatoms. The van der Waals surface area contributed by atoms with Gasteiger partial charge in [-0.15, -0.1) is 0 Å². The van der Waals surface area contributed by atoms with Crippen LogP contribution in [0.15, 0.2) is 41.3 Å². The summed E-state index contributed by atoms with van der Waals surface area (Å²) in [6.07, 6.45) is 0. The second-order valence-corrected chi connectivity index (χ2v) is 5.97. The molecule has 0 radical (unpaired) electrons. The lowest BCUT2D eigenvalue weighted by Gasteiger charge is -2.10. The Labute approximate surface area is 119 Å². The van der Waals surface area contributed by atoms with Gasteiger partial charge in [0, 0.05) is 0 Å². The lowest BCUT2D eigenvalue weighted by atomic mass is 10.3. The van der Waals surface area contributed by atoms with Crippen molar-refractivity contribution in [3.63, 3.8) is 0 Å². The quantitative estimate of drug-likeness (QED) is 0.854. The number of benzene rings is 2. The predicted octanol–water partition coefficient (Wildman–Crippen LogP) is 3.00. The molecule has 2 aromatic rings. The number of nitrogens with one attached hydrogen (secondary N) is 1. The molecule has 0 atom stereocenters. The van der Waals surface area contributed by atoms with E-state index in [1.807, 2.05) is 0 Å². The molecule has 0 aromatic heterocycles. The smallest absolute Gasteiger partial charge is 0.264 e. The van der Waals surface area contributed by atoms with Crippen LogP contribution in [0.25, 0.3) is 0 Å². The highest BCUT2D eigenvalue weighted by Gasteiger charge is 2.19. The highest BCUT2D eigenvalue weighted by molar-refractivity contribution is 7.92. The summed E-state index contributed by atoms with van der Waals surface area (Å²) in [4.78, 5) is -0.405. The Hall–Kier alpha value is -1.86. The zero-order valence-electron chi connectivity index (χ0n) is 9.90. The van der Waals surface area contributed by atoms with Crippen LogP contribution in [0.4, 0.5) is 20.2 Å². The molecule has 0 aliphatic heterocycles. The van der Waals surface area contributed by atoms with E-state index in [1.54, 1.807) is 0 Å². The first-order chi connectivity index (χ1) is 9.29. The Morgan fingerprint density at radius 2 is 1.80 bits per heavy atom. The first kappa shape index (κ1) is 14.5. The summed E-state index contributed by atoms with van der Waals surface area (Å²) in [5.74, 6) is -1.42. The molecule has 0 unspecified atom stereocenters. The van der Waals surface area contributed by atoms with E-state index >= 15 is 0 Å². The summed E-state index contributed by atoms with van der Waals surface area (Å²) < 4.78 is 52.4. The van der Waals surface area contributed by atoms with Gasteiger partial charge in [-0.2, -0.15) is 0 Å². The molecule has 0 saturated carbocycles. The molecule has 0 fully saturated rings. The molecule has 2 rings (SSSR count). The molecular formula is C12H9ClF2N2O2S. The minimum absolute atomic E-state index is 0.0417. The first-order valence-electron chi connectivity index (χ1n) is 5.32. The van der Waals surface area contributed by atoms with Crippen LogP contribution < -0.4 is 10.5 Å². The molecule has 0 bridgehead atoms. The van der Waals surface area contributed by atoms with Gasteiger partial charge in [0.25, 0.3) is 10.0 Å². The van der Waals surface area contributed by atoms with Crippen molar-refractivity contribution in [3.8, 4) is 0 Å². The second-order valence-electron chi connectivity index (χ2n) is 3.92. The molecule has 0 amide bonds. The van der Waals surface area contributed by atoms with Crippen LogP contribution in [-0.4, -0.2) is 8.42 Å². The minimum atomic E-state index is -4.09. The number of anilines is 2. The number of nitrogens with two attached hydrogens (primary N) is 1. The number of hydrogen-bond acceptors (Lipinski definition) is 3. The summed E-state index contributed by atoms with van der Waals surface area (Å²) in [5.41, 5.74) is 5.45. The topological polar surface area (TPSA) is 72.2 Å². The second kappa shape index (κ2) is 5.26. The normalized spacial score (nSPS) is 11.3. The van der Waals surface area contributed by atoms with Crippen molar-refractivity contribution in [2.75, 3.05) is 10.5 Å². The van der Waals surface area contributed by atoms with Crippen LogP contribution in [0.2, 0.25) is 5.02 Å². The Kier molecular flexibility index (Phi) is 3.82. The lowest BCUT2D eigenvalue weighted by Crippen LogP contribution is -2.15. The number of sulfonamides is 1. The Bertz CT molecular complexity index is 766. The van der Waals surface area contributed by atoms with Crippen LogP contribution in [0, 0.1) is 11.6 Å². The number of rotatable bonds is 3. The maximum atomic E-state index is 13.1. The highest BCUT2D eigenvalue weighted by Crippen LogP contribution is 2.25. The maximum absolute atomic E-state index is 13.1. The van der Waals surface area contributed by atoms with Crippen molar-refractivity contribution in [2.45, 2.75) is 4.90 Å². The van der Waals surface area contributed by atoms with E-state index in [9.17, 15) is 17.2 Å². The third kappa shape index (κ3) is 3.00. The Morgan fingerprint density at radius 3 is 2.45 bits per heavy atom. The third-order valence-corrected chi connectivity index (χ3v) is 4.16. The van der Waals surface area contributed by atoms with Crippen molar-refractivity contribution < 1.29 is 17.2 Å². The van der Waals surface area contributed by atoms with Crippen LogP contribution in [0.3, 0.4) is 0 Å². The van der Waals surface area contributed by atoms with Gasteiger partial charge in [-0.05, 0) is 36.4 Å². The number of hydrogen-bond donors (Lipinski definition) is 2. The molecule has 0 saturated heterocycles. The van der Waals surface area contributed by atoms with Gasteiger partial charge in [0.2, 0.25) is 0 Å². The van der Waals surface area contributed by atoms with Gasteiger partial charge in [0.1, 0.15) is 16.5 Å². The van der Waals surface area contributed by atoms with Crippen molar-refractivity contribution >= 4 is 33.0 Å². The summed E-state index contributed by atoms with van der Waals surface area (Å²) in [6, 6.07) is 6.28. The van der Waals surface area contributed by atoms with Gasteiger partial charge in [0.05, 0.1) is 16.4 Å². The molecular weight excluding hydrogens is 310 g/mol. The summed E-state index contributed by atoms with van der Waals surface area (Å²) >= 11 is 5.55. The minimum Gasteiger partial charge on any atom is -0.398 e. The molecule has 0 aliphatic carbocycles. The van der Waals surface area contributed by atoms with E-state index in [2.05, 4.69) is 4.72 Å². The van der Waals surface area contributed by atoms with Crippen LogP contribution in [0.1, 0.15) is 0 Å². The molecule has 0 spiro atoms. The van der Waals surface area contributed by atoms with Crippen molar-refractivity contribution in [2.24, 2.45) is 0 Å². The molecule has 0 aliphatic rings. The zero-order valence-corrected chi connectivity index (χ0v) is 11.5. The predicted molar refractivity (Wildman–Crippen MR) is 73.0 cm³/mol. The largest absolute Gasteiger partial charge is 0.398 e. The fourth-order valence-electron chi connectivity index (χ4n) is 1.51. The molecule has 0 heterocycles. The Balaban J connectivity index is 2.40. The SMILES string of the molecule is Nc1ccc(F)cc1S(=O)(=O)Nc1ccc(F)c(Cl)c1. The van der Waals surface area contributed by atoms with Gasteiger partial charge in [-0.25, -0.2) is 17.2 Å². The van der Waals surface area contributed by atoms with Crippen molar-refractivity contribution in [1.29, 1.82) is 0 Å². The summed E-state index contributed by atoms with van der Waals surface area (Å²) in [5, 5.41) is -0.239. The van der Waals surface area contributed by atoms with Gasteiger partial charge in [0.15, 0.2) is 0 Å². The lowest BCUT2D eigenvalue weighted by molar-refractivity contribution is 0.596. The number of halogens is 3. The van der Waals surface area contributed by atoms with E-state index in [4.69, 9.17) is 17.3 Å². The fraction of sp³-hybridized carbons (Fsp3) is 0. The average Bonchev–Trinajstić information content (AvgIpc) is 2.36. The Morgan fingerprint density at radius 1 is 1.10 bits per heavy atom. The van der Waals surface area contributed by atoms with Gasteiger partial charge >= 0.3 is 0 Å². The van der Waals surface area contributed by atoms with Gasteiger partial charge in [-0.3, -0.25) is 4.72 Å². The van der Waals surface area contributed by atoms with E-state index in [0.717, 1.165) is 30.3 Å². The zero-order chi connectivity index (χ0) is 14.9. The first-order valence-corrected chi connectivity index (χ1v) is 7.18. The molecule has 3 N–H and O–H groups in total. The van der Waals surface area contributed by atoms with Crippen LogP contribution >= 0.6 is 11.6 Å². The van der Waals surface area contributed by atoms with Crippen molar-refractivity contribution in [3.05, 3.63) is 53.1 Å². The van der Waals surface area contributed by atoms with E-state index < -0.39 is 26.6 Å². The molecule has 106 valence electrons. The average molecular weight is 319 g/mol. The third-order valence-electron chi connectivity index (χ3n) is 2.44. The standard InChI is InChI=1S/C12H9ClF2N2O2S/c13-9-6-8(2-3-10(9)15)17-20(18,19)12-5-7(14)1-4-11(12)16/h1-6,17H,16H2. The van der Waals surface area contributed by atoms with E-state index in [1.165, 1.54) is 6.07 Å². The van der Waals surface area contributed by atoms with Gasteiger partial charge in [-0.1, -0.05) is 11.6 Å². The monoisotopic (exact) mass is 318 g/mol. The number of nitrogen functional groups attached to an aromatic ring is 1. The van der Waals surface area contributed by atoms with E-state index in [0.29, 0.717) is 0 Å². The molecule has 2 aromatic carbocycles. The highest BCUT2D eigenvalue weighted by atomic mass is 35.5. The molecule has 20 heavy (non-hydrogen) atoms. The summed E-state index contributed by atoms with van der Waals surface area (Å²) in [6.45, 7) is 0. The summed E-state index contributed by atoms with van der Waals surface area (Å²) in [7, 11) is -4.09. The van der Waals surface area contributed by atoms with E-state index in [-0.39, 0.29) is 16.4 Å². The fourth-order valence-corrected chi connectivity index (χ4v) is 2.88. The van der Waals surface area contributed by atoms with Crippen LogP contribution in [-0.2, 0) is 10.0 Å². The van der Waals surface area contributed by atoms with Gasteiger partial charge < -0.3 is 5.73 Å². The van der Waals surface area contributed by atoms with Crippen molar-refractivity contribution in [1.82, 2.24) is 0 Å². The van der Waals surface area contributed by atoms with Crippen LogP contribution in [0.5, 0.6) is 0 Å². The maximum Gasteiger partial charge on any atom is 0.264 e. The molecule has 4 nitrogen and oxygen atoms in total.